The lowest BCUT2D eigenvalue weighted by molar-refractivity contribution is 0.0277. The van der Waals surface area contributed by atoms with Gasteiger partial charge in [0.25, 0.3) is 0 Å². The topological polar surface area (TPSA) is 80.5 Å². The molecule has 32 heavy (non-hydrogen) atoms. The van der Waals surface area contributed by atoms with Gasteiger partial charge in [-0.2, -0.15) is 0 Å². The minimum atomic E-state index is -0.315. The number of ether oxygens (including phenoxy) is 4. The van der Waals surface area contributed by atoms with Crippen LogP contribution in [-0.2, 0) is 6.54 Å². The molecule has 0 fully saturated rings. The molecule has 0 spiro atoms. The average molecular weight is 544 g/mol. The summed E-state index contributed by atoms with van der Waals surface area (Å²) in [5, 5.41) is 0. The molecule has 1 aliphatic heterocycles. The molecule has 0 amide bonds. The highest BCUT2D eigenvalue weighted by atomic mass is 127. The van der Waals surface area contributed by atoms with Gasteiger partial charge in [0.2, 0.25) is 11.6 Å². The lowest BCUT2D eigenvalue weighted by Gasteiger charge is -2.33. The van der Waals surface area contributed by atoms with Crippen LogP contribution >= 0.6 is 22.6 Å². The molecular formula is C23H21IN4O4. The van der Waals surface area contributed by atoms with Crippen molar-refractivity contribution in [1.29, 1.82) is 0 Å². The molecule has 4 heterocycles. The van der Waals surface area contributed by atoms with Crippen molar-refractivity contribution in [2.45, 2.75) is 25.7 Å². The molecule has 0 radical (unpaired) electrons. The molecule has 0 N–H and O–H groups in total. The lowest BCUT2D eigenvalue weighted by atomic mass is 10.0. The second-order valence-corrected chi connectivity index (χ2v) is 8.74. The number of rotatable bonds is 5. The predicted octanol–water partition coefficient (Wildman–Crippen LogP) is 4.40. The summed E-state index contributed by atoms with van der Waals surface area (Å²) >= 11 is 2.24. The second kappa shape index (κ2) is 8.45. The van der Waals surface area contributed by atoms with Crippen LogP contribution in [0.1, 0.15) is 24.2 Å². The van der Waals surface area contributed by atoms with E-state index in [1.54, 1.807) is 26.7 Å². The number of aromatic nitrogens is 4. The summed E-state index contributed by atoms with van der Waals surface area (Å²) in [4.78, 5) is 13.3. The minimum Gasteiger partial charge on any atom is -0.493 e. The molecule has 0 saturated heterocycles. The summed E-state index contributed by atoms with van der Waals surface area (Å²) in [6, 6.07) is 9.70. The Hall–Kier alpha value is -3.08. The summed E-state index contributed by atoms with van der Waals surface area (Å²) in [5.74, 6) is 2.40. The van der Waals surface area contributed by atoms with Gasteiger partial charge >= 0.3 is 0 Å². The summed E-state index contributed by atoms with van der Waals surface area (Å²) in [5.41, 5.74) is 3.60. The van der Waals surface area contributed by atoms with E-state index >= 15 is 0 Å². The van der Waals surface area contributed by atoms with Gasteiger partial charge in [0.1, 0.15) is 11.6 Å². The van der Waals surface area contributed by atoms with Crippen LogP contribution in [-0.4, -0.2) is 39.8 Å². The highest BCUT2D eigenvalue weighted by Crippen LogP contribution is 2.46. The summed E-state index contributed by atoms with van der Waals surface area (Å²) in [6.45, 7) is 2.56. The van der Waals surface area contributed by atoms with E-state index in [2.05, 4.69) is 37.5 Å². The van der Waals surface area contributed by atoms with Crippen molar-refractivity contribution in [3.8, 4) is 23.1 Å². The van der Waals surface area contributed by atoms with Crippen LogP contribution in [0.2, 0.25) is 0 Å². The largest absolute Gasteiger partial charge is 0.493 e. The number of benzene rings is 1. The molecule has 2 unspecified atom stereocenters. The third kappa shape index (κ3) is 3.81. The van der Waals surface area contributed by atoms with Crippen LogP contribution in [0.15, 0.2) is 49.1 Å². The Bertz CT molecular complexity index is 1280. The number of hydrogen-bond acceptors (Lipinski definition) is 7. The first kappa shape index (κ1) is 20.8. The van der Waals surface area contributed by atoms with Crippen molar-refractivity contribution in [3.05, 3.63) is 63.7 Å². The SMILES string of the molecule is COc1ccc(C2Oc3c(OC)cc(Cn4cnc5cc(I)cnc54)cc3OC2C)cn1. The maximum atomic E-state index is 6.34. The molecule has 2 atom stereocenters. The molecule has 0 bridgehead atoms. The molecule has 3 aromatic heterocycles. The fraction of sp³-hybridized carbons (Fsp3) is 0.261. The van der Waals surface area contributed by atoms with Crippen molar-refractivity contribution in [1.82, 2.24) is 19.5 Å². The van der Waals surface area contributed by atoms with Crippen LogP contribution in [0.5, 0.6) is 23.1 Å². The van der Waals surface area contributed by atoms with Crippen LogP contribution in [0.25, 0.3) is 11.2 Å². The quantitative estimate of drug-likeness (QED) is 0.345. The fourth-order valence-electron chi connectivity index (χ4n) is 3.82. The van der Waals surface area contributed by atoms with Crippen molar-refractivity contribution >= 4 is 33.8 Å². The maximum Gasteiger partial charge on any atom is 0.212 e. The standard InChI is InChI=1S/C23H21IN4O4/c1-13-21(15-4-5-20(30-3)25-9-15)32-22-18(29-2)6-14(7-19(22)31-13)11-28-12-27-17-8-16(24)10-26-23(17)28/h4-10,12-13,21H,11H2,1-3H3. The molecule has 4 aromatic rings. The van der Waals surface area contributed by atoms with Gasteiger partial charge in [0.15, 0.2) is 23.3 Å². The zero-order chi connectivity index (χ0) is 22.2. The third-order valence-electron chi connectivity index (χ3n) is 5.36. The Balaban J connectivity index is 1.46. The number of pyridine rings is 2. The Morgan fingerprint density at radius 3 is 2.66 bits per heavy atom. The predicted molar refractivity (Wildman–Crippen MR) is 127 cm³/mol. The summed E-state index contributed by atoms with van der Waals surface area (Å²) in [6.07, 6.45) is 4.85. The van der Waals surface area contributed by atoms with Crippen LogP contribution in [0, 0.1) is 3.57 Å². The Labute approximate surface area is 198 Å². The van der Waals surface area contributed by atoms with Gasteiger partial charge in [-0.3, -0.25) is 0 Å². The van der Waals surface area contributed by atoms with E-state index in [-0.39, 0.29) is 12.2 Å². The smallest absolute Gasteiger partial charge is 0.212 e. The van der Waals surface area contributed by atoms with Gasteiger partial charge in [-0.15, -0.1) is 0 Å². The van der Waals surface area contributed by atoms with Crippen molar-refractivity contribution in [3.63, 3.8) is 0 Å². The number of methoxy groups -OCH3 is 2. The first-order chi connectivity index (χ1) is 15.6. The van der Waals surface area contributed by atoms with E-state index in [4.69, 9.17) is 18.9 Å². The molecule has 1 aliphatic rings. The van der Waals surface area contributed by atoms with Crippen LogP contribution < -0.4 is 18.9 Å². The molecule has 1 aromatic carbocycles. The second-order valence-electron chi connectivity index (χ2n) is 7.49. The zero-order valence-electron chi connectivity index (χ0n) is 17.8. The van der Waals surface area contributed by atoms with Gasteiger partial charge < -0.3 is 23.5 Å². The fourth-order valence-corrected chi connectivity index (χ4v) is 4.25. The third-order valence-corrected chi connectivity index (χ3v) is 5.95. The van der Waals surface area contributed by atoms with E-state index in [1.807, 2.05) is 48.0 Å². The number of imidazole rings is 1. The summed E-state index contributed by atoms with van der Waals surface area (Å²) in [7, 11) is 3.22. The number of nitrogens with zero attached hydrogens (tertiary/aromatic N) is 4. The van der Waals surface area contributed by atoms with Crippen LogP contribution in [0.3, 0.4) is 0 Å². The van der Waals surface area contributed by atoms with Crippen molar-refractivity contribution < 1.29 is 18.9 Å². The van der Waals surface area contributed by atoms with E-state index in [0.717, 1.165) is 25.9 Å². The van der Waals surface area contributed by atoms with E-state index in [0.29, 0.717) is 29.7 Å². The van der Waals surface area contributed by atoms with Gasteiger partial charge in [0, 0.05) is 27.6 Å². The average Bonchev–Trinajstić information content (AvgIpc) is 3.19. The van der Waals surface area contributed by atoms with Crippen LogP contribution in [0.4, 0.5) is 0 Å². The molecule has 0 saturated carbocycles. The van der Waals surface area contributed by atoms with Crippen molar-refractivity contribution in [2.24, 2.45) is 0 Å². The Morgan fingerprint density at radius 1 is 1.03 bits per heavy atom. The van der Waals surface area contributed by atoms with Crippen molar-refractivity contribution in [2.75, 3.05) is 14.2 Å². The van der Waals surface area contributed by atoms with Gasteiger partial charge in [-0.25, -0.2) is 15.0 Å². The first-order valence-corrected chi connectivity index (χ1v) is 11.1. The Kier molecular flexibility index (Phi) is 5.50. The van der Waals surface area contributed by atoms with E-state index < -0.39 is 0 Å². The molecule has 8 nitrogen and oxygen atoms in total. The molecule has 0 aliphatic carbocycles. The number of halogens is 1. The minimum absolute atomic E-state index is 0.213. The number of hydrogen-bond donors (Lipinski definition) is 0. The maximum absolute atomic E-state index is 6.34. The highest BCUT2D eigenvalue weighted by molar-refractivity contribution is 14.1. The lowest BCUT2D eigenvalue weighted by Crippen LogP contribution is -2.31. The monoisotopic (exact) mass is 544 g/mol. The molecule has 5 rings (SSSR count). The highest BCUT2D eigenvalue weighted by Gasteiger charge is 2.32. The van der Waals surface area contributed by atoms with E-state index in [1.165, 1.54) is 0 Å². The van der Waals surface area contributed by atoms with E-state index in [9.17, 15) is 0 Å². The van der Waals surface area contributed by atoms with Gasteiger partial charge in [0.05, 0.1) is 27.1 Å². The molecule has 9 heteroatoms. The van der Waals surface area contributed by atoms with Gasteiger partial charge in [-0.05, 0) is 59.3 Å². The van der Waals surface area contributed by atoms with Gasteiger partial charge in [-0.1, -0.05) is 0 Å². The first-order valence-electron chi connectivity index (χ1n) is 10.1. The number of fused-ring (bicyclic) bond motifs is 2. The zero-order valence-corrected chi connectivity index (χ0v) is 19.9. The Morgan fingerprint density at radius 2 is 1.91 bits per heavy atom. The normalized spacial score (nSPS) is 17.4. The summed E-state index contributed by atoms with van der Waals surface area (Å²) < 4.78 is 26.4. The molecular weight excluding hydrogens is 523 g/mol. The molecule has 164 valence electrons.